The van der Waals surface area contributed by atoms with Gasteiger partial charge in [0.05, 0.1) is 28.2 Å². The van der Waals surface area contributed by atoms with Crippen LogP contribution in [0.2, 0.25) is 0 Å². The number of rotatable bonds is 12. The number of sulfonamides is 1. The summed E-state index contributed by atoms with van der Waals surface area (Å²) in [5, 5.41) is 31.5. The van der Waals surface area contributed by atoms with E-state index in [1.807, 2.05) is 4.72 Å². The second-order valence-corrected chi connectivity index (χ2v) is 8.62. The summed E-state index contributed by atoms with van der Waals surface area (Å²) >= 11 is 0. The van der Waals surface area contributed by atoms with Crippen molar-refractivity contribution in [1.82, 2.24) is 4.72 Å². The quantitative estimate of drug-likeness (QED) is 0.0844. The largest absolute Gasteiger partial charge is 0.508 e. The van der Waals surface area contributed by atoms with Gasteiger partial charge in [0, 0.05) is 11.8 Å². The molecule has 0 saturated carbocycles. The summed E-state index contributed by atoms with van der Waals surface area (Å²) in [6, 6.07) is 6.46. The second-order valence-electron chi connectivity index (χ2n) is 6.86. The first-order valence-electron chi connectivity index (χ1n) is 9.61. The van der Waals surface area contributed by atoms with Gasteiger partial charge in [-0.15, -0.1) is 0 Å². The molecule has 2 rings (SSSR count). The predicted octanol–water partition coefficient (Wildman–Crippen LogP) is 2.06. The molecule has 0 aliphatic rings. The highest BCUT2D eigenvalue weighted by atomic mass is 32.2. The fourth-order valence-corrected chi connectivity index (χ4v) is 3.76. The summed E-state index contributed by atoms with van der Waals surface area (Å²) in [5.41, 5.74) is -0.998. The van der Waals surface area contributed by atoms with Gasteiger partial charge in [-0.1, -0.05) is 0 Å². The van der Waals surface area contributed by atoms with Crippen LogP contribution in [0.4, 0.5) is 11.4 Å². The highest BCUT2D eigenvalue weighted by molar-refractivity contribution is 7.89. The average molecular weight is 494 g/mol. The fourth-order valence-electron chi connectivity index (χ4n) is 2.77. The van der Waals surface area contributed by atoms with Crippen LogP contribution in [-0.4, -0.2) is 49.1 Å². The molecular formula is C20H22N4O9S. The number of carbonyl (C=O) groups is 2. The molecule has 0 aliphatic heterocycles. The maximum absolute atomic E-state index is 12.5. The number of nitro benzene ring substituents is 1. The van der Waals surface area contributed by atoms with Crippen LogP contribution in [0, 0.1) is 15.5 Å². The first kappa shape index (κ1) is 26.2. The molecule has 0 radical (unpaired) electrons. The van der Waals surface area contributed by atoms with Crippen molar-refractivity contribution in [2.24, 2.45) is 0 Å². The van der Waals surface area contributed by atoms with Crippen LogP contribution in [0.5, 0.6) is 0 Å². The topological polar surface area (TPSA) is 202 Å². The lowest BCUT2D eigenvalue weighted by Gasteiger charge is -2.10. The number of hydrogen-bond donors (Lipinski definition) is 4. The Bertz CT molecular complexity index is 1220. The molecule has 4 N–H and O–H groups in total. The van der Waals surface area contributed by atoms with E-state index >= 15 is 0 Å². The third-order valence-electron chi connectivity index (χ3n) is 4.30. The van der Waals surface area contributed by atoms with E-state index in [1.165, 1.54) is 19.3 Å². The number of nitrogens with zero attached hydrogens (tertiary/aromatic N) is 1. The molecule has 1 aromatic heterocycles. The number of aliphatic hydroxyl groups excluding tert-OH is 1. The molecule has 34 heavy (non-hydrogen) atoms. The maximum Gasteiger partial charge on any atom is 0.321 e. The smallest absolute Gasteiger partial charge is 0.321 e. The molecule has 182 valence electrons. The number of carbonyl (C=O) groups excluding carboxylic acids is 2. The number of aliphatic hydroxyl groups is 1. The van der Waals surface area contributed by atoms with E-state index in [2.05, 4.69) is 5.32 Å². The lowest BCUT2D eigenvalue weighted by Crippen LogP contribution is -2.31. The third kappa shape index (κ3) is 6.98. The number of anilines is 1. The van der Waals surface area contributed by atoms with Crippen molar-refractivity contribution in [2.45, 2.75) is 25.3 Å². The number of ether oxygens (including phenoxy) is 1. The molecule has 2 aromatic rings. The SMILES string of the molecule is CC(=N)/C(C(C)=O)=C(/O)COC(=O)CNS(=O)(=O)c1ccc(NCc2ccco2)c([N+](=O)[O-])c1. The number of ketones is 1. The summed E-state index contributed by atoms with van der Waals surface area (Å²) in [5.74, 6) is -1.83. The number of hydrogen-bond acceptors (Lipinski definition) is 11. The van der Waals surface area contributed by atoms with Crippen LogP contribution in [0.3, 0.4) is 0 Å². The summed E-state index contributed by atoms with van der Waals surface area (Å²) < 4.78 is 36.8. The van der Waals surface area contributed by atoms with E-state index in [-0.39, 0.29) is 23.5 Å². The van der Waals surface area contributed by atoms with E-state index in [1.54, 1.807) is 12.1 Å². The van der Waals surface area contributed by atoms with Gasteiger partial charge in [0.1, 0.15) is 30.4 Å². The molecule has 1 heterocycles. The summed E-state index contributed by atoms with van der Waals surface area (Å²) in [6.07, 6.45) is 1.44. The zero-order valence-electron chi connectivity index (χ0n) is 18.2. The fraction of sp³-hybridized carbons (Fsp3) is 0.250. The van der Waals surface area contributed by atoms with E-state index in [0.717, 1.165) is 19.1 Å². The van der Waals surface area contributed by atoms with Gasteiger partial charge in [0.25, 0.3) is 5.69 Å². The molecule has 0 unspecified atom stereocenters. The number of nitro groups is 1. The monoisotopic (exact) mass is 494 g/mol. The zero-order valence-corrected chi connectivity index (χ0v) is 19.0. The first-order chi connectivity index (χ1) is 15.9. The Morgan fingerprint density at radius 1 is 1.26 bits per heavy atom. The van der Waals surface area contributed by atoms with Crippen molar-refractivity contribution in [3.05, 3.63) is 63.8 Å². The van der Waals surface area contributed by atoms with Crippen LogP contribution >= 0.6 is 0 Å². The Kier molecular flexibility index (Phi) is 8.64. The van der Waals surface area contributed by atoms with Crippen molar-refractivity contribution < 1.29 is 37.2 Å². The molecule has 14 heteroatoms. The lowest BCUT2D eigenvalue weighted by atomic mass is 10.1. The highest BCUT2D eigenvalue weighted by Crippen LogP contribution is 2.28. The molecule has 13 nitrogen and oxygen atoms in total. The van der Waals surface area contributed by atoms with Crippen molar-refractivity contribution in [1.29, 1.82) is 5.41 Å². The molecule has 0 amide bonds. The van der Waals surface area contributed by atoms with Gasteiger partial charge in [-0.3, -0.25) is 19.7 Å². The summed E-state index contributed by atoms with van der Waals surface area (Å²) in [6.45, 7) is 0.929. The van der Waals surface area contributed by atoms with E-state index in [4.69, 9.17) is 14.6 Å². The van der Waals surface area contributed by atoms with Gasteiger partial charge in [0.15, 0.2) is 5.78 Å². The van der Waals surface area contributed by atoms with Crippen LogP contribution in [-0.2, 0) is 30.9 Å². The number of Topliss-reactive ketones (excluding diaryl/α,β-unsaturated/α-hetero) is 1. The minimum absolute atomic E-state index is 0.0600. The van der Waals surface area contributed by atoms with Gasteiger partial charge in [0.2, 0.25) is 10.0 Å². The predicted molar refractivity (Wildman–Crippen MR) is 119 cm³/mol. The zero-order chi connectivity index (χ0) is 25.5. The summed E-state index contributed by atoms with van der Waals surface area (Å²) in [7, 11) is -4.33. The van der Waals surface area contributed by atoms with Crippen LogP contribution in [0.25, 0.3) is 0 Å². The van der Waals surface area contributed by atoms with Gasteiger partial charge >= 0.3 is 5.97 Å². The Labute approximate surface area is 194 Å². The number of esters is 1. The maximum atomic E-state index is 12.5. The van der Waals surface area contributed by atoms with Crippen molar-refractivity contribution in [3.63, 3.8) is 0 Å². The number of nitrogens with one attached hydrogen (secondary N) is 3. The molecule has 0 atom stereocenters. The lowest BCUT2D eigenvalue weighted by molar-refractivity contribution is -0.384. The summed E-state index contributed by atoms with van der Waals surface area (Å²) in [4.78, 5) is 33.5. The van der Waals surface area contributed by atoms with Crippen LogP contribution in [0.1, 0.15) is 19.6 Å². The van der Waals surface area contributed by atoms with Gasteiger partial charge in [-0.25, -0.2) is 8.42 Å². The minimum atomic E-state index is -4.33. The molecular weight excluding hydrogens is 472 g/mol. The van der Waals surface area contributed by atoms with Gasteiger partial charge < -0.3 is 25.0 Å². The van der Waals surface area contributed by atoms with E-state index < -0.39 is 56.2 Å². The standard InChI is InChI=1S/C20H22N4O9S/c1-12(21)20(13(2)25)18(26)11-33-19(27)10-23-34(30,31)15-5-6-16(17(8-15)24(28)29)22-9-14-4-3-7-32-14/h3-8,21-23,26H,9-11H2,1-2H3/b20-18-,21-12?. The van der Waals surface area contributed by atoms with Crippen molar-refractivity contribution >= 4 is 38.9 Å². The molecule has 0 bridgehead atoms. The van der Waals surface area contributed by atoms with Gasteiger partial charge in [-0.05, 0) is 38.1 Å². The number of benzene rings is 1. The van der Waals surface area contributed by atoms with E-state index in [9.17, 15) is 33.2 Å². The Morgan fingerprint density at radius 3 is 2.53 bits per heavy atom. The third-order valence-corrected chi connectivity index (χ3v) is 5.70. The molecule has 0 aliphatic carbocycles. The Balaban J connectivity index is 2.06. The minimum Gasteiger partial charge on any atom is -0.508 e. The first-order valence-corrected chi connectivity index (χ1v) is 11.1. The van der Waals surface area contributed by atoms with Crippen molar-refractivity contribution in [2.75, 3.05) is 18.5 Å². The highest BCUT2D eigenvalue weighted by Gasteiger charge is 2.23. The molecule has 0 saturated heterocycles. The van der Waals surface area contributed by atoms with E-state index in [0.29, 0.717) is 5.76 Å². The normalized spacial score (nSPS) is 11.9. The molecule has 1 aromatic carbocycles. The van der Waals surface area contributed by atoms with Crippen LogP contribution in [0.15, 0.2) is 57.2 Å². The molecule has 0 fully saturated rings. The van der Waals surface area contributed by atoms with Crippen molar-refractivity contribution in [3.8, 4) is 0 Å². The number of furan rings is 1. The Hall–Kier alpha value is -4.04. The second kappa shape index (κ2) is 11.2. The van der Waals surface area contributed by atoms with Crippen LogP contribution < -0.4 is 10.0 Å². The van der Waals surface area contributed by atoms with Gasteiger partial charge in [-0.2, -0.15) is 4.72 Å². The number of allylic oxidation sites excluding steroid dienone is 1. The molecule has 0 spiro atoms. The average Bonchev–Trinajstić information content (AvgIpc) is 3.27. The Morgan fingerprint density at radius 2 is 1.97 bits per heavy atom.